The lowest BCUT2D eigenvalue weighted by Gasteiger charge is -2.35. The number of carbonyl (C=O) groups is 1. The molecule has 0 bridgehead atoms. The fourth-order valence-electron chi connectivity index (χ4n) is 3.09. The smallest absolute Gasteiger partial charge is 0.266 e. The van der Waals surface area contributed by atoms with E-state index in [0.717, 1.165) is 24.6 Å². The number of anilines is 1. The van der Waals surface area contributed by atoms with Gasteiger partial charge in [0.2, 0.25) is 0 Å². The Morgan fingerprint density at radius 2 is 1.78 bits per heavy atom. The molecule has 1 fully saturated rings. The van der Waals surface area contributed by atoms with Gasteiger partial charge in [0.15, 0.2) is 10.8 Å². The molecular weight excluding hydrogens is 360 g/mol. The van der Waals surface area contributed by atoms with Gasteiger partial charge in [0.05, 0.1) is 5.69 Å². The summed E-state index contributed by atoms with van der Waals surface area (Å²) < 4.78 is 0. The van der Waals surface area contributed by atoms with Crippen molar-refractivity contribution >= 4 is 23.1 Å². The van der Waals surface area contributed by atoms with Gasteiger partial charge in [0.1, 0.15) is 10.7 Å². The predicted octanol–water partition coefficient (Wildman–Crippen LogP) is 2.52. The molecule has 0 aliphatic carbocycles. The maximum absolute atomic E-state index is 13.1. The van der Waals surface area contributed by atoms with Crippen LogP contribution in [0.25, 0.3) is 10.8 Å². The van der Waals surface area contributed by atoms with Crippen LogP contribution in [0.1, 0.15) is 22.3 Å². The van der Waals surface area contributed by atoms with Gasteiger partial charge in [-0.2, -0.15) is 0 Å². The maximum Gasteiger partial charge on any atom is 0.266 e. The fourth-order valence-corrected chi connectivity index (χ4v) is 4.16. The van der Waals surface area contributed by atoms with E-state index in [1.165, 1.54) is 11.3 Å². The zero-order valence-electron chi connectivity index (χ0n) is 15.1. The number of rotatable bonds is 4. The fraction of sp³-hybridized carbons (Fsp3) is 0.316. The van der Waals surface area contributed by atoms with Crippen LogP contribution in [0.15, 0.2) is 42.9 Å². The van der Waals surface area contributed by atoms with Gasteiger partial charge in [-0.05, 0) is 24.6 Å². The lowest BCUT2D eigenvalue weighted by molar-refractivity contribution is 0.0750. The quantitative estimate of drug-likeness (QED) is 0.692. The van der Waals surface area contributed by atoms with Gasteiger partial charge in [0.25, 0.3) is 5.91 Å². The Hall–Kier alpha value is -2.87. The lowest BCUT2D eigenvalue weighted by atomic mass is 10.2. The molecule has 1 amide bonds. The van der Waals surface area contributed by atoms with Gasteiger partial charge in [0, 0.05) is 44.8 Å². The molecule has 0 radical (unpaired) electrons. The molecule has 4 heterocycles. The topological polar surface area (TPSA) is 75.1 Å². The SMILES string of the molecule is CCc1nc(-c2ncccn2)sc1C(=O)N1CCN(c2ccccn2)CC1. The minimum Gasteiger partial charge on any atom is -0.353 e. The van der Waals surface area contributed by atoms with Crippen LogP contribution in [0.4, 0.5) is 5.82 Å². The second kappa shape index (κ2) is 7.79. The zero-order chi connectivity index (χ0) is 18.6. The third-order valence-corrected chi connectivity index (χ3v) is 5.61. The Kier molecular flexibility index (Phi) is 5.06. The lowest BCUT2D eigenvalue weighted by Crippen LogP contribution is -2.49. The van der Waals surface area contributed by atoms with Crippen molar-refractivity contribution in [2.75, 3.05) is 31.1 Å². The van der Waals surface area contributed by atoms with Crippen LogP contribution in [-0.4, -0.2) is 56.9 Å². The van der Waals surface area contributed by atoms with Crippen LogP contribution in [0.5, 0.6) is 0 Å². The number of pyridine rings is 1. The second-order valence-electron chi connectivity index (χ2n) is 6.19. The Morgan fingerprint density at radius 3 is 2.44 bits per heavy atom. The summed E-state index contributed by atoms with van der Waals surface area (Å²) in [5.41, 5.74) is 0.819. The molecule has 1 saturated heterocycles. The van der Waals surface area contributed by atoms with Crippen LogP contribution < -0.4 is 4.90 Å². The van der Waals surface area contributed by atoms with Crippen LogP contribution >= 0.6 is 11.3 Å². The molecule has 138 valence electrons. The van der Waals surface area contributed by atoms with Crippen molar-refractivity contribution < 1.29 is 4.79 Å². The summed E-state index contributed by atoms with van der Waals surface area (Å²) in [6.07, 6.45) is 5.88. The predicted molar refractivity (Wildman–Crippen MR) is 105 cm³/mol. The van der Waals surface area contributed by atoms with Crippen LogP contribution in [0, 0.1) is 0 Å². The average Bonchev–Trinajstić information content (AvgIpc) is 3.19. The van der Waals surface area contributed by atoms with Gasteiger partial charge in [-0.15, -0.1) is 11.3 Å². The monoisotopic (exact) mass is 380 g/mol. The van der Waals surface area contributed by atoms with Crippen molar-refractivity contribution in [3.05, 3.63) is 53.4 Å². The summed E-state index contributed by atoms with van der Waals surface area (Å²) >= 11 is 1.38. The highest BCUT2D eigenvalue weighted by atomic mass is 32.1. The number of hydrogen-bond donors (Lipinski definition) is 0. The van der Waals surface area contributed by atoms with E-state index in [1.54, 1.807) is 24.7 Å². The molecule has 0 saturated carbocycles. The normalized spacial score (nSPS) is 14.4. The number of aromatic nitrogens is 4. The molecule has 0 N–H and O–H groups in total. The molecule has 0 aromatic carbocycles. The highest BCUT2D eigenvalue weighted by Crippen LogP contribution is 2.27. The largest absolute Gasteiger partial charge is 0.353 e. The van der Waals surface area contributed by atoms with Crippen molar-refractivity contribution in [1.29, 1.82) is 0 Å². The first-order chi connectivity index (χ1) is 13.3. The molecule has 27 heavy (non-hydrogen) atoms. The number of aryl methyl sites for hydroxylation is 1. The van der Waals surface area contributed by atoms with E-state index in [2.05, 4.69) is 24.8 Å². The third-order valence-electron chi connectivity index (χ3n) is 4.52. The van der Waals surface area contributed by atoms with E-state index in [1.807, 2.05) is 30.0 Å². The third kappa shape index (κ3) is 3.66. The Balaban J connectivity index is 1.49. The Labute approximate surface area is 161 Å². The van der Waals surface area contributed by atoms with Gasteiger partial charge >= 0.3 is 0 Å². The van der Waals surface area contributed by atoms with Crippen molar-refractivity contribution in [3.63, 3.8) is 0 Å². The standard InChI is InChI=1S/C19H20N6OS/c1-2-14-16(27-18(23-14)17-21-8-5-9-22-17)19(26)25-12-10-24(11-13-25)15-6-3-4-7-20-15/h3-9H,2,10-13H2,1H3. The van der Waals surface area contributed by atoms with Gasteiger partial charge in [-0.3, -0.25) is 4.79 Å². The van der Waals surface area contributed by atoms with Crippen LogP contribution in [0.2, 0.25) is 0 Å². The number of amides is 1. The molecule has 0 unspecified atom stereocenters. The van der Waals surface area contributed by atoms with Crippen molar-refractivity contribution in [2.24, 2.45) is 0 Å². The minimum atomic E-state index is 0.0483. The number of thiazole rings is 1. The van der Waals surface area contributed by atoms with Gasteiger partial charge in [-0.1, -0.05) is 13.0 Å². The van der Waals surface area contributed by atoms with Crippen LogP contribution in [-0.2, 0) is 6.42 Å². The summed E-state index contributed by atoms with van der Waals surface area (Å²) in [6, 6.07) is 7.66. The van der Waals surface area contributed by atoms with Crippen molar-refractivity contribution in [3.8, 4) is 10.8 Å². The first-order valence-corrected chi connectivity index (χ1v) is 9.80. The van der Waals surface area contributed by atoms with Crippen molar-refractivity contribution in [2.45, 2.75) is 13.3 Å². The first-order valence-electron chi connectivity index (χ1n) is 8.98. The summed E-state index contributed by atoms with van der Waals surface area (Å²) in [7, 11) is 0. The molecule has 7 nitrogen and oxygen atoms in total. The minimum absolute atomic E-state index is 0.0483. The Morgan fingerprint density at radius 1 is 1.04 bits per heavy atom. The molecule has 3 aromatic heterocycles. The van der Waals surface area contributed by atoms with E-state index in [9.17, 15) is 4.79 Å². The summed E-state index contributed by atoms with van der Waals surface area (Å²) in [4.78, 5) is 35.4. The average molecular weight is 380 g/mol. The second-order valence-corrected chi connectivity index (χ2v) is 7.19. The molecular formula is C19H20N6OS. The summed E-state index contributed by atoms with van der Waals surface area (Å²) in [5, 5.41) is 0.697. The van der Waals surface area contributed by atoms with E-state index >= 15 is 0 Å². The summed E-state index contributed by atoms with van der Waals surface area (Å²) in [5.74, 6) is 1.57. The molecule has 1 aliphatic heterocycles. The Bertz CT molecular complexity index is 906. The first kappa shape index (κ1) is 17.5. The van der Waals surface area contributed by atoms with Gasteiger partial charge < -0.3 is 9.80 Å². The number of piperazine rings is 1. The number of nitrogens with zero attached hydrogens (tertiary/aromatic N) is 6. The van der Waals surface area contributed by atoms with E-state index < -0.39 is 0 Å². The van der Waals surface area contributed by atoms with E-state index in [0.29, 0.717) is 35.2 Å². The molecule has 0 atom stereocenters. The van der Waals surface area contributed by atoms with E-state index in [-0.39, 0.29) is 5.91 Å². The highest BCUT2D eigenvalue weighted by Gasteiger charge is 2.27. The van der Waals surface area contributed by atoms with E-state index in [4.69, 9.17) is 0 Å². The zero-order valence-corrected chi connectivity index (χ0v) is 15.9. The number of hydrogen-bond acceptors (Lipinski definition) is 7. The molecule has 4 rings (SSSR count). The number of carbonyl (C=O) groups excluding carboxylic acids is 1. The molecule has 0 spiro atoms. The van der Waals surface area contributed by atoms with Crippen molar-refractivity contribution in [1.82, 2.24) is 24.8 Å². The molecule has 3 aromatic rings. The summed E-state index contributed by atoms with van der Waals surface area (Å²) in [6.45, 7) is 4.91. The van der Waals surface area contributed by atoms with Crippen LogP contribution in [0.3, 0.4) is 0 Å². The maximum atomic E-state index is 13.1. The molecule has 8 heteroatoms. The highest BCUT2D eigenvalue weighted by molar-refractivity contribution is 7.17. The van der Waals surface area contributed by atoms with Gasteiger partial charge in [-0.25, -0.2) is 19.9 Å². The molecule has 1 aliphatic rings.